The molecular formula is C20H36N2O+2. The first-order valence-electron chi connectivity index (χ1n) is 9.31. The van der Waals surface area contributed by atoms with Crippen LogP contribution in [0.15, 0.2) is 18.2 Å². The van der Waals surface area contributed by atoms with E-state index in [0.29, 0.717) is 0 Å². The van der Waals surface area contributed by atoms with E-state index in [4.69, 9.17) is 4.74 Å². The number of piperazine rings is 1. The van der Waals surface area contributed by atoms with Crippen molar-refractivity contribution >= 4 is 0 Å². The van der Waals surface area contributed by atoms with E-state index in [1.807, 2.05) is 0 Å². The van der Waals surface area contributed by atoms with Crippen LogP contribution in [-0.2, 0) is 5.41 Å². The smallest absolute Gasteiger partial charge is 0.127 e. The third kappa shape index (κ3) is 5.50. The number of aryl methyl sites for hydroxylation is 1. The van der Waals surface area contributed by atoms with Crippen molar-refractivity contribution in [2.45, 2.75) is 46.5 Å². The summed E-state index contributed by atoms with van der Waals surface area (Å²) in [5, 5.41) is 0. The second-order valence-corrected chi connectivity index (χ2v) is 8.04. The number of quaternary nitrogens is 2. The predicted octanol–water partition coefficient (Wildman–Crippen LogP) is 0.865. The SMILES string of the molecule is CC[NH+]1CC[NH+](CCCOc2ccc(C(C)(C)C)cc2C)CC1. The van der Waals surface area contributed by atoms with Gasteiger partial charge in [-0.3, -0.25) is 0 Å². The minimum Gasteiger partial charge on any atom is -0.493 e. The number of hydrogen-bond acceptors (Lipinski definition) is 1. The van der Waals surface area contributed by atoms with Crippen molar-refractivity contribution in [2.24, 2.45) is 0 Å². The molecule has 1 aliphatic rings. The lowest BCUT2D eigenvalue weighted by atomic mass is 9.86. The number of hydrogen-bond donors (Lipinski definition) is 2. The van der Waals surface area contributed by atoms with E-state index < -0.39 is 0 Å². The normalized spacial score (nSPS) is 22.1. The van der Waals surface area contributed by atoms with Gasteiger partial charge in [0.1, 0.15) is 31.9 Å². The summed E-state index contributed by atoms with van der Waals surface area (Å²) >= 11 is 0. The van der Waals surface area contributed by atoms with Gasteiger partial charge in [-0.2, -0.15) is 0 Å². The fraction of sp³-hybridized carbons (Fsp3) is 0.700. The summed E-state index contributed by atoms with van der Waals surface area (Å²) < 4.78 is 6.02. The molecule has 1 aromatic carbocycles. The molecule has 130 valence electrons. The predicted molar refractivity (Wildman–Crippen MR) is 96.8 cm³/mol. The number of ether oxygens (including phenoxy) is 1. The largest absolute Gasteiger partial charge is 0.493 e. The number of benzene rings is 1. The first-order valence-corrected chi connectivity index (χ1v) is 9.31. The highest BCUT2D eigenvalue weighted by Crippen LogP contribution is 2.27. The van der Waals surface area contributed by atoms with Crippen LogP contribution in [0.25, 0.3) is 0 Å². The Balaban J connectivity index is 1.72. The monoisotopic (exact) mass is 320 g/mol. The highest BCUT2D eigenvalue weighted by Gasteiger charge is 2.21. The second kappa shape index (κ2) is 8.16. The molecule has 3 nitrogen and oxygen atoms in total. The molecule has 2 rings (SSSR count). The van der Waals surface area contributed by atoms with Crippen LogP contribution in [0.1, 0.15) is 45.2 Å². The average Bonchev–Trinajstić information content (AvgIpc) is 2.52. The van der Waals surface area contributed by atoms with Gasteiger partial charge >= 0.3 is 0 Å². The number of likely N-dealkylation sites (N-methyl/N-ethyl adjacent to an activating group) is 1. The van der Waals surface area contributed by atoms with Gasteiger partial charge < -0.3 is 14.5 Å². The summed E-state index contributed by atoms with van der Waals surface area (Å²) in [7, 11) is 0. The van der Waals surface area contributed by atoms with Crippen LogP contribution in [0.5, 0.6) is 5.75 Å². The fourth-order valence-corrected chi connectivity index (χ4v) is 3.34. The minimum atomic E-state index is 0.204. The van der Waals surface area contributed by atoms with Crippen LogP contribution in [0.2, 0.25) is 0 Å². The molecule has 3 heteroatoms. The zero-order valence-corrected chi connectivity index (χ0v) is 15.8. The van der Waals surface area contributed by atoms with Crippen molar-refractivity contribution in [1.29, 1.82) is 0 Å². The molecule has 1 aliphatic heterocycles. The van der Waals surface area contributed by atoms with Crippen molar-refractivity contribution < 1.29 is 14.5 Å². The van der Waals surface area contributed by atoms with Gasteiger partial charge in [-0.15, -0.1) is 0 Å². The molecular weight excluding hydrogens is 284 g/mol. The van der Waals surface area contributed by atoms with Crippen molar-refractivity contribution in [3.05, 3.63) is 29.3 Å². The summed E-state index contributed by atoms with van der Waals surface area (Å²) in [5.41, 5.74) is 2.84. The van der Waals surface area contributed by atoms with Crippen LogP contribution >= 0.6 is 0 Å². The van der Waals surface area contributed by atoms with Crippen molar-refractivity contribution in [1.82, 2.24) is 0 Å². The molecule has 0 spiro atoms. The Hall–Kier alpha value is -1.06. The van der Waals surface area contributed by atoms with Gasteiger partial charge in [-0.25, -0.2) is 0 Å². The maximum atomic E-state index is 6.02. The molecule has 0 unspecified atom stereocenters. The van der Waals surface area contributed by atoms with E-state index in [0.717, 1.165) is 18.8 Å². The molecule has 0 aromatic heterocycles. The lowest BCUT2D eigenvalue weighted by Crippen LogP contribution is -3.28. The molecule has 1 heterocycles. The molecule has 0 atom stereocenters. The van der Waals surface area contributed by atoms with Crippen LogP contribution in [0.4, 0.5) is 0 Å². The Morgan fingerprint density at radius 2 is 1.70 bits per heavy atom. The third-order valence-electron chi connectivity index (χ3n) is 5.14. The summed E-state index contributed by atoms with van der Waals surface area (Å²) in [5.74, 6) is 1.05. The van der Waals surface area contributed by atoms with Gasteiger partial charge in [0.15, 0.2) is 0 Å². The molecule has 1 saturated heterocycles. The first-order chi connectivity index (χ1) is 10.9. The zero-order valence-electron chi connectivity index (χ0n) is 15.8. The maximum Gasteiger partial charge on any atom is 0.127 e. The van der Waals surface area contributed by atoms with E-state index in [9.17, 15) is 0 Å². The summed E-state index contributed by atoms with van der Waals surface area (Å²) in [4.78, 5) is 3.52. The van der Waals surface area contributed by atoms with Gasteiger partial charge in [-0.1, -0.05) is 32.9 Å². The molecule has 1 aromatic rings. The molecule has 2 N–H and O–H groups in total. The maximum absolute atomic E-state index is 6.02. The Morgan fingerprint density at radius 1 is 1.04 bits per heavy atom. The Kier molecular flexibility index (Phi) is 6.49. The van der Waals surface area contributed by atoms with E-state index in [-0.39, 0.29) is 5.41 Å². The summed E-state index contributed by atoms with van der Waals surface area (Å²) in [6, 6.07) is 6.62. The molecule has 0 aliphatic carbocycles. The van der Waals surface area contributed by atoms with Crippen LogP contribution in [-0.4, -0.2) is 45.9 Å². The third-order valence-corrected chi connectivity index (χ3v) is 5.14. The van der Waals surface area contributed by atoms with Gasteiger partial charge in [0.2, 0.25) is 0 Å². The Morgan fingerprint density at radius 3 is 2.26 bits per heavy atom. The molecule has 0 bridgehead atoms. The quantitative estimate of drug-likeness (QED) is 0.744. The van der Waals surface area contributed by atoms with Crippen LogP contribution < -0.4 is 14.5 Å². The van der Waals surface area contributed by atoms with Crippen LogP contribution in [0, 0.1) is 6.92 Å². The molecule has 0 saturated carbocycles. The lowest BCUT2D eigenvalue weighted by molar-refractivity contribution is -1.01. The highest BCUT2D eigenvalue weighted by molar-refractivity contribution is 5.38. The summed E-state index contributed by atoms with van der Waals surface area (Å²) in [6.07, 6.45) is 1.15. The van der Waals surface area contributed by atoms with Gasteiger partial charge in [0.25, 0.3) is 0 Å². The van der Waals surface area contributed by atoms with E-state index in [1.165, 1.54) is 50.4 Å². The number of rotatable bonds is 6. The molecule has 0 amide bonds. The van der Waals surface area contributed by atoms with Gasteiger partial charge in [0.05, 0.1) is 19.7 Å². The van der Waals surface area contributed by atoms with Crippen molar-refractivity contribution in [3.8, 4) is 5.75 Å². The molecule has 0 radical (unpaired) electrons. The zero-order chi connectivity index (χ0) is 16.9. The minimum absolute atomic E-state index is 0.204. The van der Waals surface area contributed by atoms with Crippen molar-refractivity contribution in [3.63, 3.8) is 0 Å². The molecule has 1 fully saturated rings. The van der Waals surface area contributed by atoms with E-state index in [1.54, 1.807) is 9.80 Å². The topological polar surface area (TPSA) is 18.1 Å². The second-order valence-electron chi connectivity index (χ2n) is 8.04. The Bertz CT molecular complexity index is 485. The fourth-order valence-electron chi connectivity index (χ4n) is 3.34. The van der Waals surface area contributed by atoms with E-state index in [2.05, 4.69) is 52.8 Å². The van der Waals surface area contributed by atoms with Gasteiger partial charge in [0, 0.05) is 6.42 Å². The Labute approximate surface area is 142 Å². The highest BCUT2D eigenvalue weighted by atomic mass is 16.5. The summed E-state index contributed by atoms with van der Waals surface area (Å²) in [6.45, 7) is 19.9. The molecule has 23 heavy (non-hydrogen) atoms. The lowest BCUT2D eigenvalue weighted by Gasteiger charge is -2.29. The van der Waals surface area contributed by atoms with Gasteiger partial charge in [-0.05, 0) is 36.5 Å². The van der Waals surface area contributed by atoms with E-state index >= 15 is 0 Å². The van der Waals surface area contributed by atoms with Crippen LogP contribution in [0.3, 0.4) is 0 Å². The standard InChI is InChI=1S/C20H34N2O/c1-6-21-11-13-22(14-12-21)10-7-15-23-19-9-8-18(16-17(19)2)20(3,4)5/h8-9,16H,6-7,10-15H2,1-5H3/p+2. The van der Waals surface area contributed by atoms with Crippen molar-refractivity contribution in [2.75, 3.05) is 45.9 Å². The first kappa shape index (κ1) is 18.3. The average molecular weight is 321 g/mol. The number of nitrogens with one attached hydrogen (secondary N) is 2.